The fraction of sp³-hybridized carbons (Fsp3) is 0.667. The summed E-state index contributed by atoms with van der Waals surface area (Å²) in [5.74, 6) is 1.21. The van der Waals surface area contributed by atoms with E-state index in [2.05, 4.69) is 32.9 Å². The van der Waals surface area contributed by atoms with E-state index in [-0.39, 0.29) is 15.6 Å². The van der Waals surface area contributed by atoms with E-state index in [1.807, 2.05) is 6.92 Å². The lowest BCUT2D eigenvalue weighted by atomic mass is 9.83. The van der Waals surface area contributed by atoms with Crippen LogP contribution in [-0.2, 0) is 16.6 Å². The Morgan fingerprint density at radius 2 is 2.16 bits per heavy atom. The fourth-order valence-corrected chi connectivity index (χ4v) is 4.46. The molecule has 0 radical (unpaired) electrons. The highest BCUT2D eigenvalue weighted by molar-refractivity contribution is 9.10. The van der Waals surface area contributed by atoms with Crippen molar-refractivity contribution in [1.82, 2.24) is 10.0 Å². The van der Waals surface area contributed by atoms with Gasteiger partial charge in [0.25, 0.3) is 0 Å². The van der Waals surface area contributed by atoms with E-state index in [0.717, 1.165) is 19.4 Å². The minimum atomic E-state index is -3.50. The van der Waals surface area contributed by atoms with Crippen LogP contribution in [0.4, 0.5) is 0 Å². The molecule has 1 fully saturated rings. The van der Waals surface area contributed by atoms with Gasteiger partial charge in [-0.05, 0) is 41.2 Å². The van der Waals surface area contributed by atoms with Crippen molar-refractivity contribution >= 4 is 26.0 Å². The zero-order valence-electron chi connectivity index (χ0n) is 11.1. The molecule has 0 aromatic carbocycles. The van der Waals surface area contributed by atoms with Crippen LogP contribution in [0.3, 0.4) is 0 Å². The number of hydrogen-bond donors (Lipinski definition) is 2. The first-order chi connectivity index (χ1) is 8.92. The molecule has 0 bridgehead atoms. The standard InChI is InChI=1S/C12H19BrN2O3S/c1-3-14-7-10-6-11(12(13)18-10)19(16,17)15-9-4-8(2)5-9/h6,8-9,14-15H,3-5,7H2,1-2H3. The summed E-state index contributed by atoms with van der Waals surface area (Å²) in [6.07, 6.45) is 1.80. The fourth-order valence-electron chi connectivity index (χ4n) is 2.20. The van der Waals surface area contributed by atoms with Crippen molar-refractivity contribution in [3.8, 4) is 0 Å². The maximum absolute atomic E-state index is 12.2. The molecule has 0 spiro atoms. The lowest BCUT2D eigenvalue weighted by Crippen LogP contribution is -2.43. The Bertz CT molecular complexity index is 535. The molecular weight excluding hydrogens is 332 g/mol. The van der Waals surface area contributed by atoms with Gasteiger partial charge in [0.15, 0.2) is 4.67 Å². The molecule has 0 aliphatic heterocycles. The number of nitrogens with one attached hydrogen (secondary N) is 2. The topological polar surface area (TPSA) is 71.3 Å². The van der Waals surface area contributed by atoms with Crippen LogP contribution in [0.2, 0.25) is 0 Å². The molecule has 1 aromatic rings. The van der Waals surface area contributed by atoms with Crippen LogP contribution >= 0.6 is 15.9 Å². The van der Waals surface area contributed by atoms with Gasteiger partial charge < -0.3 is 9.73 Å². The van der Waals surface area contributed by atoms with Crippen LogP contribution in [0.15, 0.2) is 20.0 Å². The summed E-state index contributed by atoms with van der Waals surface area (Å²) in [6, 6.07) is 1.62. The SMILES string of the molecule is CCNCc1cc(S(=O)(=O)NC2CC(C)C2)c(Br)o1. The van der Waals surface area contributed by atoms with Crippen LogP contribution in [0.1, 0.15) is 32.4 Å². The van der Waals surface area contributed by atoms with Crippen LogP contribution < -0.4 is 10.0 Å². The van der Waals surface area contributed by atoms with E-state index in [4.69, 9.17) is 4.42 Å². The maximum atomic E-state index is 12.2. The molecule has 19 heavy (non-hydrogen) atoms. The van der Waals surface area contributed by atoms with Crippen molar-refractivity contribution in [2.45, 2.75) is 44.2 Å². The van der Waals surface area contributed by atoms with Gasteiger partial charge in [-0.2, -0.15) is 0 Å². The Kier molecular flexibility index (Phi) is 4.70. The van der Waals surface area contributed by atoms with Crippen molar-refractivity contribution in [3.63, 3.8) is 0 Å². The predicted molar refractivity (Wildman–Crippen MR) is 76.3 cm³/mol. The molecule has 7 heteroatoms. The molecule has 2 rings (SSSR count). The molecule has 0 saturated heterocycles. The summed E-state index contributed by atoms with van der Waals surface area (Å²) in [5, 5.41) is 3.10. The molecule has 0 amide bonds. The van der Waals surface area contributed by atoms with Crippen LogP contribution in [0, 0.1) is 5.92 Å². The highest BCUT2D eigenvalue weighted by Crippen LogP contribution is 2.30. The number of rotatable bonds is 6. The van der Waals surface area contributed by atoms with Gasteiger partial charge in [-0.25, -0.2) is 13.1 Å². The minimum absolute atomic E-state index is 0.0546. The molecule has 1 aliphatic carbocycles. The number of sulfonamides is 1. The van der Waals surface area contributed by atoms with Gasteiger partial charge in [-0.15, -0.1) is 0 Å². The lowest BCUT2D eigenvalue weighted by Gasteiger charge is -2.32. The second-order valence-electron chi connectivity index (χ2n) is 5.03. The first-order valence-corrected chi connectivity index (χ1v) is 8.71. The van der Waals surface area contributed by atoms with Crippen molar-refractivity contribution in [2.24, 2.45) is 5.92 Å². The first kappa shape index (κ1) is 15.0. The van der Waals surface area contributed by atoms with Gasteiger partial charge in [-0.3, -0.25) is 0 Å². The largest absolute Gasteiger partial charge is 0.452 e. The molecule has 0 unspecified atom stereocenters. The highest BCUT2D eigenvalue weighted by Gasteiger charge is 2.31. The zero-order valence-corrected chi connectivity index (χ0v) is 13.5. The van der Waals surface area contributed by atoms with Gasteiger partial charge in [0, 0.05) is 12.1 Å². The molecule has 5 nitrogen and oxygen atoms in total. The average Bonchev–Trinajstić information content (AvgIpc) is 2.66. The van der Waals surface area contributed by atoms with Crippen LogP contribution in [-0.4, -0.2) is 21.0 Å². The zero-order chi connectivity index (χ0) is 14.0. The van der Waals surface area contributed by atoms with E-state index in [9.17, 15) is 8.42 Å². The van der Waals surface area contributed by atoms with Gasteiger partial charge in [0.1, 0.15) is 10.7 Å². The second kappa shape index (κ2) is 5.95. The molecular formula is C12H19BrN2O3S. The summed E-state index contributed by atoms with van der Waals surface area (Å²) in [4.78, 5) is 0.181. The Morgan fingerprint density at radius 1 is 1.47 bits per heavy atom. The normalized spacial score (nSPS) is 23.3. The molecule has 2 N–H and O–H groups in total. The van der Waals surface area contributed by atoms with Gasteiger partial charge >= 0.3 is 0 Å². The smallest absolute Gasteiger partial charge is 0.245 e. The lowest BCUT2D eigenvalue weighted by molar-refractivity contribution is 0.270. The Morgan fingerprint density at radius 3 is 2.74 bits per heavy atom. The van der Waals surface area contributed by atoms with Crippen molar-refractivity contribution in [1.29, 1.82) is 0 Å². The summed E-state index contributed by atoms with van der Waals surface area (Å²) >= 11 is 3.17. The Balaban J connectivity index is 2.09. The first-order valence-electron chi connectivity index (χ1n) is 6.43. The molecule has 108 valence electrons. The van der Waals surface area contributed by atoms with Gasteiger partial charge in [0.05, 0.1) is 6.54 Å². The van der Waals surface area contributed by atoms with E-state index >= 15 is 0 Å². The molecule has 1 saturated carbocycles. The van der Waals surface area contributed by atoms with Gasteiger partial charge in [0.2, 0.25) is 10.0 Å². The number of hydrogen-bond acceptors (Lipinski definition) is 4. The second-order valence-corrected chi connectivity index (χ2v) is 7.43. The third-order valence-corrected chi connectivity index (χ3v) is 5.62. The molecule has 1 heterocycles. The van der Waals surface area contributed by atoms with Crippen LogP contribution in [0.25, 0.3) is 0 Å². The average molecular weight is 351 g/mol. The van der Waals surface area contributed by atoms with E-state index in [0.29, 0.717) is 18.2 Å². The quantitative estimate of drug-likeness (QED) is 0.825. The van der Waals surface area contributed by atoms with Crippen molar-refractivity contribution < 1.29 is 12.8 Å². The third kappa shape index (κ3) is 3.59. The predicted octanol–water partition coefficient (Wildman–Crippen LogP) is 2.23. The van der Waals surface area contributed by atoms with Gasteiger partial charge in [-0.1, -0.05) is 13.8 Å². The van der Waals surface area contributed by atoms with Crippen molar-refractivity contribution in [2.75, 3.05) is 6.54 Å². The Hall–Kier alpha value is -0.370. The molecule has 0 atom stereocenters. The van der Waals surface area contributed by atoms with E-state index in [1.54, 1.807) is 6.07 Å². The summed E-state index contributed by atoms with van der Waals surface area (Å²) in [7, 11) is -3.50. The third-order valence-electron chi connectivity index (χ3n) is 3.24. The molecule has 1 aromatic heterocycles. The maximum Gasteiger partial charge on any atom is 0.245 e. The number of halogens is 1. The highest BCUT2D eigenvalue weighted by atomic mass is 79.9. The molecule has 1 aliphatic rings. The number of furan rings is 1. The monoisotopic (exact) mass is 350 g/mol. The van der Waals surface area contributed by atoms with Crippen LogP contribution in [0.5, 0.6) is 0 Å². The van der Waals surface area contributed by atoms with E-state index in [1.165, 1.54) is 0 Å². The minimum Gasteiger partial charge on any atom is -0.452 e. The van der Waals surface area contributed by atoms with E-state index < -0.39 is 10.0 Å². The van der Waals surface area contributed by atoms with Crippen molar-refractivity contribution in [3.05, 3.63) is 16.5 Å². The summed E-state index contributed by atoms with van der Waals surface area (Å²) in [6.45, 7) is 5.42. The Labute approximate surface area is 122 Å². The summed E-state index contributed by atoms with van der Waals surface area (Å²) < 4.78 is 32.8. The summed E-state index contributed by atoms with van der Waals surface area (Å²) in [5.41, 5.74) is 0.